The number of nitrogens with zero attached hydrogens (tertiary/aromatic N) is 4. The molecule has 1 unspecified atom stereocenters. The van der Waals surface area contributed by atoms with Crippen LogP contribution in [0.5, 0.6) is 0 Å². The molecule has 2 aliphatic rings. The van der Waals surface area contributed by atoms with Gasteiger partial charge in [-0.25, -0.2) is 4.98 Å². The number of anilines is 2. The number of aryl methyl sites for hydroxylation is 1. The van der Waals surface area contributed by atoms with Crippen molar-refractivity contribution in [2.45, 2.75) is 46.1 Å². The van der Waals surface area contributed by atoms with Gasteiger partial charge in [-0.1, -0.05) is 13.8 Å². The van der Waals surface area contributed by atoms with Crippen LogP contribution in [0.1, 0.15) is 38.8 Å². The lowest BCUT2D eigenvalue weighted by Crippen LogP contribution is -2.50. The Balaban J connectivity index is 1.60. The van der Waals surface area contributed by atoms with E-state index in [1.165, 1.54) is 19.3 Å². The Bertz CT molecular complexity index is 485. The van der Waals surface area contributed by atoms with Gasteiger partial charge in [-0.2, -0.15) is 4.98 Å². The van der Waals surface area contributed by atoms with Gasteiger partial charge in [0.05, 0.1) is 0 Å². The van der Waals surface area contributed by atoms with Crippen molar-refractivity contribution in [3.8, 4) is 0 Å². The number of aromatic nitrogens is 2. The Hall–Kier alpha value is -1.36. The molecule has 21 heavy (non-hydrogen) atoms. The minimum absolute atomic E-state index is 0.380. The fourth-order valence-corrected chi connectivity index (χ4v) is 3.76. The monoisotopic (exact) mass is 289 g/mol. The summed E-state index contributed by atoms with van der Waals surface area (Å²) in [6, 6.07) is 2.81. The predicted octanol–water partition coefficient (Wildman–Crippen LogP) is 2.07. The standard InChI is InChI=1S/C16H27N5/c1-12-10-14(19-15(17)18-12)21-8-6-20(7-9-21)13-4-5-16(2,3)11-13/h10,13H,4-9,11H2,1-3H3,(H2,17,18,19). The summed E-state index contributed by atoms with van der Waals surface area (Å²) < 4.78 is 0. The van der Waals surface area contributed by atoms with Crippen LogP contribution in [-0.4, -0.2) is 47.1 Å². The van der Waals surface area contributed by atoms with Crippen LogP contribution in [0.3, 0.4) is 0 Å². The minimum Gasteiger partial charge on any atom is -0.368 e. The zero-order chi connectivity index (χ0) is 15.0. The van der Waals surface area contributed by atoms with Gasteiger partial charge in [0.25, 0.3) is 0 Å². The highest BCUT2D eigenvalue weighted by Crippen LogP contribution is 2.39. The summed E-state index contributed by atoms with van der Waals surface area (Å²) in [6.45, 7) is 11.1. The lowest BCUT2D eigenvalue weighted by Gasteiger charge is -2.39. The third kappa shape index (κ3) is 3.28. The highest BCUT2D eigenvalue weighted by atomic mass is 15.3. The van der Waals surface area contributed by atoms with Crippen molar-refractivity contribution in [3.63, 3.8) is 0 Å². The van der Waals surface area contributed by atoms with Gasteiger partial charge in [-0.15, -0.1) is 0 Å². The molecular formula is C16H27N5. The molecule has 1 saturated heterocycles. The second kappa shape index (κ2) is 5.44. The lowest BCUT2D eigenvalue weighted by molar-refractivity contribution is 0.176. The fourth-order valence-electron chi connectivity index (χ4n) is 3.76. The molecule has 1 aromatic heterocycles. The van der Waals surface area contributed by atoms with Crippen LogP contribution in [0.25, 0.3) is 0 Å². The van der Waals surface area contributed by atoms with E-state index in [0.717, 1.165) is 43.7 Å². The summed E-state index contributed by atoms with van der Waals surface area (Å²) in [5.41, 5.74) is 7.23. The first-order valence-corrected chi connectivity index (χ1v) is 8.03. The SMILES string of the molecule is Cc1cc(N2CCN(C3CCC(C)(C)C3)CC2)nc(N)n1. The normalized spacial score (nSPS) is 26.2. The molecule has 2 heterocycles. The van der Waals surface area contributed by atoms with Gasteiger partial charge in [0, 0.05) is 44.0 Å². The molecule has 5 heteroatoms. The van der Waals surface area contributed by atoms with E-state index in [0.29, 0.717) is 11.4 Å². The Kier molecular flexibility index (Phi) is 3.78. The van der Waals surface area contributed by atoms with Crippen LogP contribution in [0.4, 0.5) is 11.8 Å². The molecule has 1 aliphatic heterocycles. The van der Waals surface area contributed by atoms with E-state index in [9.17, 15) is 0 Å². The van der Waals surface area contributed by atoms with E-state index in [2.05, 4.69) is 33.6 Å². The summed E-state index contributed by atoms with van der Waals surface area (Å²) in [4.78, 5) is 13.5. The fraction of sp³-hybridized carbons (Fsp3) is 0.750. The number of hydrogen-bond donors (Lipinski definition) is 1. The molecule has 116 valence electrons. The van der Waals surface area contributed by atoms with Crippen molar-refractivity contribution < 1.29 is 0 Å². The topological polar surface area (TPSA) is 58.3 Å². The van der Waals surface area contributed by atoms with Crippen LogP contribution in [0.15, 0.2) is 6.07 Å². The van der Waals surface area contributed by atoms with Crippen LogP contribution >= 0.6 is 0 Å². The maximum atomic E-state index is 5.76. The van der Waals surface area contributed by atoms with Gasteiger partial charge in [0.2, 0.25) is 5.95 Å². The Morgan fingerprint density at radius 1 is 1.19 bits per heavy atom. The summed E-state index contributed by atoms with van der Waals surface area (Å²) in [5.74, 6) is 1.36. The van der Waals surface area contributed by atoms with Gasteiger partial charge in [-0.05, 0) is 31.6 Å². The van der Waals surface area contributed by atoms with E-state index in [1.807, 2.05) is 13.0 Å². The summed E-state index contributed by atoms with van der Waals surface area (Å²) in [6.07, 6.45) is 4.05. The summed E-state index contributed by atoms with van der Waals surface area (Å²) in [5, 5.41) is 0. The minimum atomic E-state index is 0.380. The van der Waals surface area contributed by atoms with Gasteiger partial charge in [0.1, 0.15) is 5.82 Å². The van der Waals surface area contributed by atoms with E-state index < -0.39 is 0 Å². The van der Waals surface area contributed by atoms with Gasteiger partial charge in [-0.3, -0.25) is 4.90 Å². The molecule has 0 radical (unpaired) electrons. The average molecular weight is 289 g/mol. The molecular weight excluding hydrogens is 262 g/mol. The molecule has 0 aromatic carbocycles. The van der Waals surface area contributed by atoms with Crippen molar-refractivity contribution in [1.29, 1.82) is 0 Å². The van der Waals surface area contributed by atoms with Crippen molar-refractivity contribution in [2.24, 2.45) is 5.41 Å². The number of rotatable bonds is 2. The smallest absolute Gasteiger partial charge is 0.222 e. The van der Waals surface area contributed by atoms with E-state index in [-0.39, 0.29) is 0 Å². The molecule has 2 N–H and O–H groups in total. The van der Waals surface area contributed by atoms with Crippen molar-refractivity contribution >= 4 is 11.8 Å². The summed E-state index contributed by atoms with van der Waals surface area (Å²) >= 11 is 0. The third-order valence-corrected chi connectivity index (χ3v) is 4.96. The molecule has 0 bridgehead atoms. The zero-order valence-electron chi connectivity index (χ0n) is 13.5. The molecule has 0 spiro atoms. The zero-order valence-corrected chi connectivity index (χ0v) is 13.5. The summed E-state index contributed by atoms with van der Waals surface area (Å²) in [7, 11) is 0. The maximum Gasteiger partial charge on any atom is 0.222 e. The van der Waals surface area contributed by atoms with Crippen LogP contribution in [-0.2, 0) is 0 Å². The average Bonchev–Trinajstić information content (AvgIpc) is 2.78. The van der Waals surface area contributed by atoms with Crippen molar-refractivity contribution in [2.75, 3.05) is 36.8 Å². The highest BCUT2D eigenvalue weighted by Gasteiger charge is 2.35. The first-order chi connectivity index (χ1) is 9.93. The van der Waals surface area contributed by atoms with E-state index >= 15 is 0 Å². The number of piperazine rings is 1. The van der Waals surface area contributed by atoms with Crippen LogP contribution in [0.2, 0.25) is 0 Å². The predicted molar refractivity (Wildman–Crippen MR) is 86.4 cm³/mol. The van der Waals surface area contributed by atoms with Crippen LogP contribution < -0.4 is 10.6 Å². The molecule has 1 saturated carbocycles. The van der Waals surface area contributed by atoms with E-state index in [4.69, 9.17) is 5.73 Å². The number of nitrogens with two attached hydrogens (primary N) is 1. The third-order valence-electron chi connectivity index (χ3n) is 4.96. The molecule has 1 aromatic rings. The molecule has 2 fully saturated rings. The molecule has 3 rings (SSSR count). The van der Waals surface area contributed by atoms with Crippen molar-refractivity contribution in [1.82, 2.24) is 14.9 Å². The number of hydrogen-bond acceptors (Lipinski definition) is 5. The highest BCUT2D eigenvalue weighted by molar-refractivity contribution is 5.43. The lowest BCUT2D eigenvalue weighted by atomic mass is 9.91. The first kappa shape index (κ1) is 14.6. The molecule has 1 aliphatic carbocycles. The quantitative estimate of drug-likeness (QED) is 0.903. The Labute approximate surface area is 127 Å². The van der Waals surface area contributed by atoms with Gasteiger partial charge >= 0.3 is 0 Å². The van der Waals surface area contributed by atoms with E-state index in [1.54, 1.807) is 0 Å². The van der Waals surface area contributed by atoms with Crippen LogP contribution in [0, 0.1) is 12.3 Å². The van der Waals surface area contributed by atoms with Gasteiger partial charge < -0.3 is 10.6 Å². The molecule has 0 amide bonds. The van der Waals surface area contributed by atoms with Crippen molar-refractivity contribution in [3.05, 3.63) is 11.8 Å². The second-order valence-electron chi connectivity index (χ2n) is 7.31. The molecule has 1 atom stereocenters. The second-order valence-corrected chi connectivity index (χ2v) is 7.31. The molecule has 5 nitrogen and oxygen atoms in total. The first-order valence-electron chi connectivity index (χ1n) is 8.03. The Morgan fingerprint density at radius 3 is 2.48 bits per heavy atom. The largest absolute Gasteiger partial charge is 0.368 e. The Morgan fingerprint density at radius 2 is 1.90 bits per heavy atom. The maximum absolute atomic E-state index is 5.76. The number of nitrogen functional groups attached to an aromatic ring is 1. The van der Waals surface area contributed by atoms with Gasteiger partial charge in [0.15, 0.2) is 0 Å².